The summed E-state index contributed by atoms with van der Waals surface area (Å²) in [5, 5.41) is 9.92. The van der Waals surface area contributed by atoms with Gasteiger partial charge in [-0.3, -0.25) is 0 Å². The SMILES string of the molecule is Cc1ccc(O)c(C(C)(N)C(C)C)c1C. The van der Waals surface area contributed by atoms with E-state index >= 15 is 0 Å². The molecule has 0 aliphatic carbocycles. The van der Waals surface area contributed by atoms with Crippen LogP contribution in [0.5, 0.6) is 5.75 Å². The van der Waals surface area contributed by atoms with Crippen molar-refractivity contribution in [2.24, 2.45) is 11.7 Å². The monoisotopic (exact) mass is 207 g/mol. The Labute approximate surface area is 92.1 Å². The molecule has 2 nitrogen and oxygen atoms in total. The van der Waals surface area contributed by atoms with Gasteiger partial charge in [0, 0.05) is 11.1 Å². The third-order valence-electron chi connectivity index (χ3n) is 3.45. The lowest BCUT2D eigenvalue weighted by Gasteiger charge is -2.32. The van der Waals surface area contributed by atoms with E-state index in [1.807, 2.05) is 26.8 Å². The molecule has 0 bridgehead atoms. The standard InChI is InChI=1S/C13H21NO/c1-8(2)13(5,14)12-10(4)9(3)6-7-11(12)15/h6-8,15H,14H2,1-5H3. The maximum absolute atomic E-state index is 9.92. The summed E-state index contributed by atoms with van der Waals surface area (Å²) < 4.78 is 0. The number of nitrogens with two attached hydrogens (primary N) is 1. The summed E-state index contributed by atoms with van der Waals surface area (Å²) in [4.78, 5) is 0. The molecule has 0 amide bonds. The summed E-state index contributed by atoms with van der Waals surface area (Å²) in [6, 6.07) is 3.65. The van der Waals surface area contributed by atoms with Crippen molar-refractivity contribution in [1.29, 1.82) is 0 Å². The molecule has 0 aliphatic rings. The molecule has 3 N–H and O–H groups in total. The molecule has 0 fully saturated rings. The molecule has 15 heavy (non-hydrogen) atoms. The average molecular weight is 207 g/mol. The van der Waals surface area contributed by atoms with Gasteiger partial charge < -0.3 is 10.8 Å². The van der Waals surface area contributed by atoms with Gasteiger partial charge >= 0.3 is 0 Å². The number of benzene rings is 1. The normalized spacial score (nSPS) is 15.4. The fourth-order valence-electron chi connectivity index (χ4n) is 1.77. The van der Waals surface area contributed by atoms with Crippen LogP contribution in [0.4, 0.5) is 0 Å². The topological polar surface area (TPSA) is 46.2 Å². The van der Waals surface area contributed by atoms with E-state index in [1.165, 1.54) is 5.56 Å². The Morgan fingerprint density at radius 2 is 1.80 bits per heavy atom. The van der Waals surface area contributed by atoms with Gasteiger partial charge in [-0.25, -0.2) is 0 Å². The summed E-state index contributed by atoms with van der Waals surface area (Å²) in [6.45, 7) is 10.2. The van der Waals surface area contributed by atoms with Crippen molar-refractivity contribution in [1.82, 2.24) is 0 Å². The van der Waals surface area contributed by atoms with Crippen molar-refractivity contribution < 1.29 is 5.11 Å². The van der Waals surface area contributed by atoms with Gasteiger partial charge in [0.15, 0.2) is 0 Å². The molecule has 0 saturated carbocycles. The zero-order valence-corrected chi connectivity index (χ0v) is 10.3. The quantitative estimate of drug-likeness (QED) is 0.783. The van der Waals surface area contributed by atoms with Gasteiger partial charge in [-0.05, 0) is 43.9 Å². The van der Waals surface area contributed by atoms with E-state index < -0.39 is 5.54 Å². The smallest absolute Gasteiger partial charge is 0.120 e. The van der Waals surface area contributed by atoms with E-state index in [0.717, 1.165) is 11.1 Å². The Bertz CT molecular complexity index is 367. The summed E-state index contributed by atoms with van der Waals surface area (Å²) in [5.74, 6) is 0.584. The molecule has 0 aliphatic heterocycles. The molecule has 1 aromatic carbocycles. The van der Waals surface area contributed by atoms with Crippen LogP contribution in [0.3, 0.4) is 0 Å². The van der Waals surface area contributed by atoms with E-state index in [-0.39, 0.29) is 5.92 Å². The molecule has 84 valence electrons. The first-order valence-electron chi connectivity index (χ1n) is 5.37. The molecular weight excluding hydrogens is 186 g/mol. The number of phenolic OH excluding ortho intramolecular Hbond substituents is 1. The van der Waals surface area contributed by atoms with E-state index in [1.54, 1.807) is 6.07 Å². The van der Waals surface area contributed by atoms with Crippen molar-refractivity contribution in [3.63, 3.8) is 0 Å². The van der Waals surface area contributed by atoms with Crippen molar-refractivity contribution in [3.8, 4) is 5.75 Å². The minimum absolute atomic E-state index is 0.281. The fourth-order valence-corrected chi connectivity index (χ4v) is 1.77. The van der Waals surface area contributed by atoms with Crippen LogP contribution in [0.25, 0.3) is 0 Å². The Morgan fingerprint density at radius 1 is 1.27 bits per heavy atom. The third-order valence-corrected chi connectivity index (χ3v) is 3.45. The first-order valence-corrected chi connectivity index (χ1v) is 5.37. The van der Waals surface area contributed by atoms with Crippen LogP contribution in [0.15, 0.2) is 12.1 Å². The van der Waals surface area contributed by atoms with E-state index in [4.69, 9.17) is 5.73 Å². The van der Waals surface area contributed by atoms with Crippen LogP contribution in [-0.2, 0) is 5.54 Å². The Hall–Kier alpha value is -1.02. The molecular formula is C13H21NO. The largest absolute Gasteiger partial charge is 0.508 e. The third kappa shape index (κ3) is 2.00. The zero-order valence-electron chi connectivity index (χ0n) is 10.3. The predicted molar refractivity (Wildman–Crippen MR) is 64.0 cm³/mol. The van der Waals surface area contributed by atoms with Crippen LogP contribution in [0.1, 0.15) is 37.5 Å². The lowest BCUT2D eigenvalue weighted by atomic mass is 9.79. The van der Waals surface area contributed by atoms with Gasteiger partial charge in [0.25, 0.3) is 0 Å². The first-order chi connectivity index (χ1) is 6.78. The van der Waals surface area contributed by atoms with E-state index in [0.29, 0.717) is 5.75 Å². The lowest BCUT2D eigenvalue weighted by molar-refractivity contribution is 0.331. The maximum atomic E-state index is 9.92. The van der Waals surface area contributed by atoms with Gasteiger partial charge in [0.05, 0.1) is 0 Å². The number of rotatable bonds is 2. The minimum Gasteiger partial charge on any atom is -0.508 e. The van der Waals surface area contributed by atoms with Crippen molar-refractivity contribution >= 4 is 0 Å². The molecule has 0 saturated heterocycles. The van der Waals surface area contributed by atoms with Gasteiger partial charge in [-0.2, -0.15) is 0 Å². The van der Waals surface area contributed by atoms with Gasteiger partial charge in [-0.15, -0.1) is 0 Å². The molecule has 0 heterocycles. The first kappa shape index (κ1) is 12.1. The van der Waals surface area contributed by atoms with E-state index in [9.17, 15) is 5.11 Å². The minimum atomic E-state index is -0.486. The molecule has 1 aromatic rings. The highest BCUT2D eigenvalue weighted by molar-refractivity contribution is 5.47. The zero-order chi connectivity index (χ0) is 11.8. The number of aryl methyl sites for hydroxylation is 1. The van der Waals surface area contributed by atoms with Crippen molar-refractivity contribution in [2.45, 2.75) is 40.2 Å². The van der Waals surface area contributed by atoms with Gasteiger partial charge in [0.2, 0.25) is 0 Å². The summed E-state index contributed by atoms with van der Waals surface area (Å²) in [6.07, 6.45) is 0. The second-order valence-corrected chi connectivity index (χ2v) is 4.84. The number of phenols is 1. The summed E-state index contributed by atoms with van der Waals surface area (Å²) in [7, 11) is 0. The van der Waals surface area contributed by atoms with Crippen molar-refractivity contribution in [3.05, 3.63) is 28.8 Å². The summed E-state index contributed by atoms with van der Waals surface area (Å²) in [5.41, 5.74) is 8.94. The lowest BCUT2D eigenvalue weighted by Crippen LogP contribution is -2.39. The van der Waals surface area contributed by atoms with Crippen LogP contribution in [-0.4, -0.2) is 5.11 Å². The highest BCUT2D eigenvalue weighted by Gasteiger charge is 2.30. The van der Waals surface area contributed by atoms with Crippen LogP contribution >= 0.6 is 0 Å². The van der Waals surface area contributed by atoms with Crippen LogP contribution < -0.4 is 5.73 Å². The Morgan fingerprint density at radius 3 is 2.27 bits per heavy atom. The van der Waals surface area contributed by atoms with Crippen molar-refractivity contribution in [2.75, 3.05) is 0 Å². The number of aromatic hydroxyl groups is 1. The number of hydrogen-bond donors (Lipinski definition) is 2. The fraction of sp³-hybridized carbons (Fsp3) is 0.538. The molecule has 0 spiro atoms. The second kappa shape index (κ2) is 3.86. The molecule has 1 rings (SSSR count). The Kier molecular flexibility index (Phi) is 3.10. The molecule has 0 aromatic heterocycles. The highest BCUT2D eigenvalue weighted by atomic mass is 16.3. The molecule has 1 unspecified atom stereocenters. The average Bonchev–Trinajstić information content (AvgIpc) is 2.11. The predicted octanol–water partition coefficient (Wildman–Crippen LogP) is 2.84. The van der Waals surface area contributed by atoms with Gasteiger partial charge in [-0.1, -0.05) is 19.9 Å². The molecule has 0 radical (unpaired) electrons. The Balaban J connectivity index is 3.42. The number of hydrogen-bond acceptors (Lipinski definition) is 2. The van der Waals surface area contributed by atoms with Crippen LogP contribution in [0.2, 0.25) is 0 Å². The second-order valence-electron chi connectivity index (χ2n) is 4.84. The van der Waals surface area contributed by atoms with E-state index in [2.05, 4.69) is 13.8 Å². The maximum Gasteiger partial charge on any atom is 0.120 e. The summed E-state index contributed by atoms with van der Waals surface area (Å²) >= 11 is 0. The highest BCUT2D eigenvalue weighted by Crippen LogP contribution is 2.36. The van der Waals surface area contributed by atoms with Gasteiger partial charge in [0.1, 0.15) is 5.75 Å². The molecule has 1 atom stereocenters. The van der Waals surface area contributed by atoms with Crippen LogP contribution in [0, 0.1) is 19.8 Å². The molecule has 2 heteroatoms.